The smallest absolute Gasteiger partial charge is 0.407 e. The Hall–Kier alpha value is -2.50. The molecule has 0 fully saturated rings. The van der Waals surface area contributed by atoms with E-state index < -0.39 is 11.7 Å². The molecule has 2 rings (SSSR count). The normalized spacial score (nSPS) is 12.9. The zero-order valence-electron chi connectivity index (χ0n) is 15.4. The summed E-state index contributed by atoms with van der Waals surface area (Å²) in [4.78, 5) is 24.2. The first kappa shape index (κ1) is 18.8. The Morgan fingerprint density at radius 1 is 1.20 bits per heavy atom. The van der Waals surface area contributed by atoms with E-state index in [-0.39, 0.29) is 30.2 Å². The molecule has 1 aromatic heterocycles. The van der Waals surface area contributed by atoms with E-state index in [2.05, 4.69) is 10.6 Å². The van der Waals surface area contributed by atoms with Gasteiger partial charge in [-0.2, -0.15) is 0 Å². The number of fused-ring (bicyclic) bond motifs is 1. The number of ether oxygens (including phenoxy) is 1. The third-order valence-electron chi connectivity index (χ3n) is 3.64. The van der Waals surface area contributed by atoms with Gasteiger partial charge in [0.25, 0.3) is 5.91 Å². The van der Waals surface area contributed by atoms with Gasteiger partial charge >= 0.3 is 6.09 Å². The Kier molecular flexibility index (Phi) is 5.72. The van der Waals surface area contributed by atoms with Crippen LogP contribution in [0.2, 0.25) is 0 Å². The number of carbonyl (C=O) groups is 2. The predicted octanol–water partition coefficient (Wildman–Crippen LogP) is 3.71. The molecule has 2 amide bonds. The Labute approximate surface area is 147 Å². The minimum atomic E-state index is -0.566. The molecule has 0 spiro atoms. The van der Waals surface area contributed by atoms with E-state index in [0.717, 1.165) is 5.39 Å². The predicted molar refractivity (Wildman–Crippen MR) is 96.5 cm³/mol. The SMILES string of the molecule is CC(C)C(CNC(=O)c1cc2ccccc2o1)NC(=O)OC(C)(C)C. The van der Waals surface area contributed by atoms with Crippen LogP contribution in [-0.2, 0) is 4.74 Å². The molecule has 1 unspecified atom stereocenters. The van der Waals surface area contributed by atoms with E-state index in [0.29, 0.717) is 5.58 Å². The number of furan rings is 1. The summed E-state index contributed by atoms with van der Waals surface area (Å²) in [6, 6.07) is 8.90. The van der Waals surface area contributed by atoms with Gasteiger partial charge < -0.3 is 19.8 Å². The third kappa shape index (κ3) is 5.52. The van der Waals surface area contributed by atoms with Crippen LogP contribution < -0.4 is 10.6 Å². The molecule has 1 heterocycles. The number of hydrogen-bond donors (Lipinski definition) is 2. The van der Waals surface area contributed by atoms with Crippen molar-refractivity contribution in [3.8, 4) is 0 Å². The van der Waals surface area contributed by atoms with Gasteiger partial charge in [-0.05, 0) is 38.8 Å². The van der Waals surface area contributed by atoms with Crippen molar-refractivity contribution in [3.63, 3.8) is 0 Å². The summed E-state index contributed by atoms with van der Waals surface area (Å²) >= 11 is 0. The molecule has 0 saturated carbocycles. The first-order valence-corrected chi connectivity index (χ1v) is 8.42. The fourth-order valence-electron chi connectivity index (χ4n) is 2.30. The van der Waals surface area contributed by atoms with Gasteiger partial charge in [-0.1, -0.05) is 32.0 Å². The van der Waals surface area contributed by atoms with Gasteiger partial charge in [0.15, 0.2) is 5.76 Å². The second-order valence-electron chi connectivity index (χ2n) is 7.36. The van der Waals surface area contributed by atoms with Gasteiger partial charge in [0.05, 0.1) is 6.04 Å². The molecular weight excluding hydrogens is 320 g/mol. The molecule has 0 aliphatic heterocycles. The topological polar surface area (TPSA) is 80.6 Å². The first-order chi connectivity index (χ1) is 11.7. The first-order valence-electron chi connectivity index (χ1n) is 8.42. The van der Waals surface area contributed by atoms with Gasteiger partial charge in [0.1, 0.15) is 11.2 Å². The van der Waals surface area contributed by atoms with Crippen LogP contribution in [0.5, 0.6) is 0 Å². The molecule has 25 heavy (non-hydrogen) atoms. The minimum Gasteiger partial charge on any atom is -0.451 e. The number of hydrogen-bond acceptors (Lipinski definition) is 4. The zero-order chi connectivity index (χ0) is 18.6. The summed E-state index contributed by atoms with van der Waals surface area (Å²) in [6.45, 7) is 9.64. The molecule has 2 aromatic rings. The van der Waals surface area contributed by atoms with Crippen LogP contribution in [0.15, 0.2) is 34.7 Å². The third-order valence-corrected chi connectivity index (χ3v) is 3.64. The van der Waals surface area contributed by atoms with Gasteiger partial charge in [-0.3, -0.25) is 4.79 Å². The van der Waals surface area contributed by atoms with E-state index in [1.54, 1.807) is 26.8 Å². The quantitative estimate of drug-likeness (QED) is 0.865. The maximum Gasteiger partial charge on any atom is 0.407 e. The van der Waals surface area contributed by atoms with Gasteiger partial charge in [-0.25, -0.2) is 4.79 Å². The highest BCUT2D eigenvalue weighted by atomic mass is 16.6. The van der Waals surface area contributed by atoms with E-state index in [4.69, 9.17) is 9.15 Å². The largest absolute Gasteiger partial charge is 0.451 e. The standard InChI is InChI=1S/C19H26N2O4/c1-12(2)14(21-18(23)25-19(3,4)5)11-20-17(22)16-10-13-8-6-7-9-15(13)24-16/h6-10,12,14H,11H2,1-5H3,(H,20,22)(H,21,23). The summed E-state index contributed by atoms with van der Waals surface area (Å²) in [5.74, 6) is 0.0669. The van der Waals surface area contributed by atoms with E-state index in [1.807, 2.05) is 38.1 Å². The van der Waals surface area contributed by atoms with Crippen LogP contribution >= 0.6 is 0 Å². The number of para-hydroxylation sites is 1. The lowest BCUT2D eigenvalue weighted by molar-refractivity contribution is 0.0487. The van der Waals surface area contributed by atoms with Crippen molar-refractivity contribution in [3.05, 3.63) is 36.1 Å². The van der Waals surface area contributed by atoms with Crippen LogP contribution in [0.25, 0.3) is 11.0 Å². The Bertz CT molecular complexity index is 710. The molecule has 1 atom stereocenters. The number of alkyl carbamates (subject to hydrolysis) is 1. The van der Waals surface area contributed by atoms with Crippen molar-refractivity contribution in [1.82, 2.24) is 10.6 Å². The average molecular weight is 346 g/mol. The summed E-state index contributed by atoms with van der Waals surface area (Å²) in [6.07, 6.45) is -0.496. The Morgan fingerprint density at radius 3 is 2.48 bits per heavy atom. The van der Waals surface area contributed by atoms with Crippen molar-refractivity contribution in [2.45, 2.75) is 46.3 Å². The van der Waals surface area contributed by atoms with Crippen LogP contribution in [-0.4, -0.2) is 30.2 Å². The summed E-state index contributed by atoms with van der Waals surface area (Å²) < 4.78 is 10.8. The van der Waals surface area contributed by atoms with E-state index in [1.165, 1.54) is 0 Å². The van der Waals surface area contributed by atoms with Gasteiger partial charge in [-0.15, -0.1) is 0 Å². The highest BCUT2D eigenvalue weighted by Crippen LogP contribution is 2.18. The lowest BCUT2D eigenvalue weighted by Gasteiger charge is -2.25. The molecular formula is C19H26N2O4. The molecule has 6 nitrogen and oxygen atoms in total. The number of carbonyl (C=O) groups excluding carboxylic acids is 2. The van der Waals surface area contributed by atoms with Crippen LogP contribution in [0.1, 0.15) is 45.2 Å². The highest BCUT2D eigenvalue weighted by Gasteiger charge is 2.22. The van der Waals surface area contributed by atoms with Gasteiger partial charge in [0, 0.05) is 11.9 Å². The second kappa shape index (κ2) is 7.59. The number of rotatable bonds is 5. The van der Waals surface area contributed by atoms with Crippen molar-refractivity contribution < 1.29 is 18.7 Å². The van der Waals surface area contributed by atoms with Crippen molar-refractivity contribution >= 4 is 23.0 Å². The fraction of sp³-hybridized carbons (Fsp3) is 0.474. The molecule has 6 heteroatoms. The molecule has 0 saturated heterocycles. The van der Waals surface area contributed by atoms with Crippen LogP contribution in [0.4, 0.5) is 4.79 Å². The molecule has 1 aromatic carbocycles. The number of amides is 2. The van der Waals surface area contributed by atoms with Crippen molar-refractivity contribution in [2.24, 2.45) is 5.92 Å². The highest BCUT2D eigenvalue weighted by molar-refractivity contribution is 5.96. The molecule has 0 aliphatic rings. The van der Waals surface area contributed by atoms with Crippen LogP contribution in [0.3, 0.4) is 0 Å². The lowest BCUT2D eigenvalue weighted by atomic mass is 10.0. The Balaban J connectivity index is 1.95. The molecule has 0 aliphatic carbocycles. The number of nitrogens with one attached hydrogen (secondary N) is 2. The number of benzene rings is 1. The van der Waals surface area contributed by atoms with Crippen molar-refractivity contribution in [2.75, 3.05) is 6.54 Å². The summed E-state index contributed by atoms with van der Waals surface area (Å²) in [5, 5.41) is 6.48. The maximum absolute atomic E-state index is 12.3. The minimum absolute atomic E-state index is 0.128. The molecule has 0 radical (unpaired) electrons. The average Bonchev–Trinajstić information content (AvgIpc) is 2.93. The van der Waals surface area contributed by atoms with Crippen LogP contribution in [0, 0.1) is 5.92 Å². The molecule has 0 bridgehead atoms. The maximum atomic E-state index is 12.3. The van der Waals surface area contributed by atoms with Crippen molar-refractivity contribution in [1.29, 1.82) is 0 Å². The second-order valence-corrected chi connectivity index (χ2v) is 7.36. The van der Waals surface area contributed by atoms with E-state index in [9.17, 15) is 9.59 Å². The zero-order valence-corrected chi connectivity index (χ0v) is 15.4. The summed E-state index contributed by atoms with van der Waals surface area (Å²) in [5.41, 5.74) is 0.100. The fourth-order valence-corrected chi connectivity index (χ4v) is 2.30. The lowest BCUT2D eigenvalue weighted by Crippen LogP contribution is -2.48. The summed E-state index contributed by atoms with van der Waals surface area (Å²) in [7, 11) is 0. The molecule has 2 N–H and O–H groups in total. The van der Waals surface area contributed by atoms with E-state index >= 15 is 0 Å². The molecule has 136 valence electrons. The monoisotopic (exact) mass is 346 g/mol. The Morgan fingerprint density at radius 2 is 1.88 bits per heavy atom. The van der Waals surface area contributed by atoms with Gasteiger partial charge in [0.2, 0.25) is 0 Å².